The van der Waals surface area contributed by atoms with E-state index >= 15 is 0 Å². The number of methoxy groups -OCH3 is 1. The summed E-state index contributed by atoms with van der Waals surface area (Å²) in [5, 5.41) is 4.03. The number of nitrogens with one attached hydrogen (secondary N) is 1. The Balaban J connectivity index is 1.84. The molecule has 7 heteroatoms. The maximum atomic E-state index is 5.63. The summed E-state index contributed by atoms with van der Waals surface area (Å²) in [6.07, 6.45) is 4.68. The highest BCUT2D eigenvalue weighted by atomic mass is 32.1. The molecular formula is C12H15N5OS. The Hall–Kier alpha value is -1.89. The number of nitrogen functional groups attached to an aromatic ring is 1. The Morgan fingerprint density at radius 3 is 2.89 bits per heavy atom. The van der Waals surface area contributed by atoms with Crippen molar-refractivity contribution in [1.82, 2.24) is 15.0 Å². The number of hydrogen-bond acceptors (Lipinski definition) is 7. The molecule has 3 N–H and O–H groups in total. The first-order chi connectivity index (χ1) is 9.24. The van der Waals surface area contributed by atoms with Gasteiger partial charge in [0.15, 0.2) is 5.13 Å². The van der Waals surface area contributed by atoms with Crippen molar-refractivity contribution >= 4 is 28.2 Å². The van der Waals surface area contributed by atoms with Crippen LogP contribution in [0.25, 0.3) is 0 Å². The van der Waals surface area contributed by atoms with Crippen LogP contribution in [0.5, 0.6) is 5.88 Å². The molecule has 2 aromatic rings. The van der Waals surface area contributed by atoms with Crippen molar-refractivity contribution in [3.05, 3.63) is 16.6 Å². The molecule has 0 fully saturated rings. The second kappa shape index (κ2) is 5.00. The van der Waals surface area contributed by atoms with Gasteiger partial charge in [0.25, 0.3) is 0 Å². The van der Waals surface area contributed by atoms with Crippen molar-refractivity contribution in [2.75, 3.05) is 18.2 Å². The van der Waals surface area contributed by atoms with E-state index in [9.17, 15) is 0 Å². The molecule has 0 spiro atoms. The van der Waals surface area contributed by atoms with Crippen LogP contribution in [0.1, 0.15) is 23.4 Å². The smallest absolute Gasteiger partial charge is 0.225 e. The van der Waals surface area contributed by atoms with Crippen molar-refractivity contribution in [3.63, 3.8) is 0 Å². The standard InChI is InChI=1S/C12H15N5OS/c1-18-10-6-9(15-11(13)17-10)16-12-14-7-4-2-3-5-8(7)19-12/h6H,2-5H2,1H3,(H3,13,14,15,16,17). The summed E-state index contributed by atoms with van der Waals surface area (Å²) >= 11 is 1.69. The van der Waals surface area contributed by atoms with Gasteiger partial charge in [-0.25, -0.2) is 4.98 Å². The average Bonchev–Trinajstić information content (AvgIpc) is 2.80. The van der Waals surface area contributed by atoms with Crippen LogP contribution in [-0.2, 0) is 12.8 Å². The van der Waals surface area contributed by atoms with Gasteiger partial charge in [0.2, 0.25) is 11.8 Å². The number of thiazole rings is 1. The van der Waals surface area contributed by atoms with Crippen LogP contribution in [0, 0.1) is 0 Å². The van der Waals surface area contributed by atoms with Gasteiger partial charge >= 0.3 is 0 Å². The van der Waals surface area contributed by atoms with E-state index in [1.54, 1.807) is 24.5 Å². The normalized spacial score (nSPS) is 13.9. The van der Waals surface area contributed by atoms with Crippen molar-refractivity contribution in [2.24, 2.45) is 0 Å². The van der Waals surface area contributed by atoms with E-state index in [0.29, 0.717) is 11.7 Å². The SMILES string of the molecule is COc1cc(Nc2nc3c(s2)CCCC3)nc(N)n1. The van der Waals surface area contributed by atoms with E-state index in [-0.39, 0.29) is 5.95 Å². The number of hydrogen-bond donors (Lipinski definition) is 2. The molecule has 0 amide bonds. The third-order valence-corrected chi connectivity index (χ3v) is 4.08. The van der Waals surface area contributed by atoms with Crippen LogP contribution < -0.4 is 15.8 Å². The Bertz CT molecular complexity index is 574. The van der Waals surface area contributed by atoms with Crippen LogP contribution in [0.4, 0.5) is 16.9 Å². The van der Waals surface area contributed by atoms with Crippen molar-refractivity contribution in [3.8, 4) is 5.88 Å². The largest absolute Gasteiger partial charge is 0.481 e. The van der Waals surface area contributed by atoms with Gasteiger partial charge in [-0.2, -0.15) is 9.97 Å². The number of aromatic nitrogens is 3. The average molecular weight is 277 g/mol. The minimum absolute atomic E-state index is 0.183. The summed E-state index contributed by atoms with van der Waals surface area (Å²) in [7, 11) is 1.55. The Morgan fingerprint density at radius 2 is 2.11 bits per heavy atom. The molecule has 6 nitrogen and oxygen atoms in total. The number of ether oxygens (including phenoxy) is 1. The molecule has 100 valence electrons. The highest BCUT2D eigenvalue weighted by Crippen LogP contribution is 2.31. The highest BCUT2D eigenvalue weighted by molar-refractivity contribution is 7.15. The summed E-state index contributed by atoms with van der Waals surface area (Å²) in [6, 6.07) is 1.71. The number of rotatable bonds is 3. The molecule has 0 aromatic carbocycles. The number of nitrogens with zero attached hydrogens (tertiary/aromatic N) is 3. The lowest BCUT2D eigenvalue weighted by atomic mass is 10.0. The predicted octanol–water partition coefficient (Wildman–Crippen LogP) is 2.15. The molecule has 2 heterocycles. The van der Waals surface area contributed by atoms with Crippen molar-refractivity contribution < 1.29 is 4.74 Å². The van der Waals surface area contributed by atoms with Gasteiger partial charge in [-0.05, 0) is 25.7 Å². The fraction of sp³-hybridized carbons (Fsp3) is 0.417. The summed E-state index contributed by atoms with van der Waals surface area (Å²) in [4.78, 5) is 14.0. The Morgan fingerprint density at radius 1 is 1.26 bits per heavy atom. The summed E-state index contributed by atoms with van der Waals surface area (Å²) in [5.74, 6) is 1.23. The first-order valence-electron chi connectivity index (χ1n) is 6.19. The number of nitrogens with two attached hydrogens (primary N) is 1. The zero-order valence-electron chi connectivity index (χ0n) is 10.6. The van der Waals surface area contributed by atoms with Gasteiger partial charge in [0.05, 0.1) is 12.8 Å². The van der Waals surface area contributed by atoms with Crippen LogP contribution in [0.3, 0.4) is 0 Å². The third-order valence-electron chi connectivity index (χ3n) is 3.01. The first kappa shape index (κ1) is 12.2. The second-order valence-corrected chi connectivity index (χ2v) is 5.46. The number of anilines is 3. The lowest BCUT2D eigenvalue weighted by Gasteiger charge is -2.06. The fourth-order valence-electron chi connectivity index (χ4n) is 2.13. The molecule has 0 aliphatic heterocycles. The fourth-order valence-corrected chi connectivity index (χ4v) is 3.18. The van der Waals surface area contributed by atoms with Gasteiger partial charge in [0.1, 0.15) is 5.82 Å². The Labute approximate surface area is 115 Å². The van der Waals surface area contributed by atoms with Gasteiger partial charge in [-0.3, -0.25) is 0 Å². The maximum Gasteiger partial charge on any atom is 0.225 e. The minimum atomic E-state index is 0.183. The van der Waals surface area contributed by atoms with E-state index < -0.39 is 0 Å². The molecule has 0 unspecified atom stereocenters. The molecule has 1 aliphatic rings. The molecule has 1 aliphatic carbocycles. The quantitative estimate of drug-likeness (QED) is 0.894. The predicted molar refractivity (Wildman–Crippen MR) is 75.0 cm³/mol. The minimum Gasteiger partial charge on any atom is -0.481 e. The van der Waals surface area contributed by atoms with Gasteiger partial charge in [-0.15, -0.1) is 11.3 Å². The monoisotopic (exact) mass is 277 g/mol. The molecule has 0 saturated carbocycles. The third kappa shape index (κ3) is 2.60. The maximum absolute atomic E-state index is 5.63. The zero-order valence-corrected chi connectivity index (χ0v) is 11.5. The number of aryl methyl sites for hydroxylation is 2. The van der Waals surface area contributed by atoms with Gasteiger partial charge in [-0.1, -0.05) is 0 Å². The van der Waals surface area contributed by atoms with E-state index in [1.807, 2.05) is 0 Å². The highest BCUT2D eigenvalue weighted by Gasteiger charge is 2.15. The molecule has 0 saturated heterocycles. The second-order valence-electron chi connectivity index (χ2n) is 4.37. The van der Waals surface area contributed by atoms with Crippen LogP contribution in [0.2, 0.25) is 0 Å². The van der Waals surface area contributed by atoms with Crippen LogP contribution >= 0.6 is 11.3 Å². The van der Waals surface area contributed by atoms with Gasteiger partial charge < -0.3 is 15.8 Å². The lowest BCUT2D eigenvalue weighted by Crippen LogP contribution is -2.02. The molecule has 3 rings (SSSR count). The molecule has 2 aromatic heterocycles. The van der Waals surface area contributed by atoms with Crippen LogP contribution in [0.15, 0.2) is 6.07 Å². The molecular weight excluding hydrogens is 262 g/mol. The topological polar surface area (TPSA) is 86.0 Å². The molecule has 0 radical (unpaired) electrons. The zero-order chi connectivity index (χ0) is 13.2. The van der Waals surface area contributed by atoms with Crippen molar-refractivity contribution in [1.29, 1.82) is 0 Å². The summed E-state index contributed by atoms with van der Waals surface area (Å²) in [5.41, 5.74) is 6.84. The van der Waals surface area contributed by atoms with E-state index in [4.69, 9.17) is 10.5 Å². The molecule has 0 bridgehead atoms. The van der Waals surface area contributed by atoms with Gasteiger partial charge in [0, 0.05) is 10.9 Å². The van der Waals surface area contributed by atoms with Crippen molar-refractivity contribution in [2.45, 2.75) is 25.7 Å². The van der Waals surface area contributed by atoms with E-state index in [1.165, 1.54) is 23.4 Å². The van der Waals surface area contributed by atoms with E-state index in [2.05, 4.69) is 20.3 Å². The summed E-state index contributed by atoms with van der Waals surface area (Å²) < 4.78 is 5.07. The van der Waals surface area contributed by atoms with E-state index in [0.717, 1.165) is 18.0 Å². The Kier molecular flexibility index (Phi) is 3.20. The first-order valence-corrected chi connectivity index (χ1v) is 7.00. The van der Waals surface area contributed by atoms with Crippen LogP contribution in [-0.4, -0.2) is 22.1 Å². The summed E-state index contributed by atoms with van der Waals surface area (Å²) in [6.45, 7) is 0. The lowest BCUT2D eigenvalue weighted by molar-refractivity contribution is 0.398. The molecule has 0 atom stereocenters. The molecule has 19 heavy (non-hydrogen) atoms. The number of fused-ring (bicyclic) bond motifs is 1.